The summed E-state index contributed by atoms with van der Waals surface area (Å²) >= 11 is 0. The minimum Gasteiger partial charge on any atom is -0.379 e. The number of morpholine rings is 1. The van der Waals surface area contributed by atoms with Crippen LogP contribution in [0.4, 0.5) is 0 Å². The quantitative estimate of drug-likeness (QED) is 0.774. The molecule has 124 valence electrons. The molecule has 3 heterocycles. The predicted octanol–water partition coefficient (Wildman–Crippen LogP) is 0.936. The SMILES string of the molecule is O=C1[C@@H](N2CCCC[C@H]2CN2CCOCC2)CCN1C1CC1. The number of likely N-dealkylation sites (tertiary alicyclic amines) is 2. The number of nitrogens with zero attached hydrogens (tertiary/aromatic N) is 3. The van der Waals surface area contributed by atoms with E-state index < -0.39 is 0 Å². The van der Waals surface area contributed by atoms with Crippen LogP contribution in [0.3, 0.4) is 0 Å². The molecule has 0 unspecified atom stereocenters. The van der Waals surface area contributed by atoms with Gasteiger partial charge < -0.3 is 9.64 Å². The molecule has 4 aliphatic rings. The Balaban J connectivity index is 1.40. The van der Waals surface area contributed by atoms with Crippen LogP contribution in [0, 0.1) is 0 Å². The molecule has 2 atom stereocenters. The lowest BCUT2D eigenvalue weighted by Gasteiger charge is -2.42. The van der Waals surface area contributed by atoms with Gasteiger partial charge in [-0.15, -0.1) is 0 Å². The number of hydrogen-bond acceptors (Lipinski definition) is 4. The molecule has 5 nitrogen and oxygen atoms in total. The van der Waals surface area contributed by atoms with Gasteiger partial charge in [-0.1, -0.05) is 6.42 Å². The maximum Gasteiger partial charge on any atom is 0.240 e. The Morgan fingerprint density at radius 2 is 1.77 bits per heavy atom. The fourth-order valence-corrected chi connectivity index (χ4v) is 4.45. The molecular formula is C17H29N3O2. The average Bonchev–Trinajstić information content (AvgIpc) is 3.32. The van der Waals surface area contributed by atoms with Crippen molar-refractivity contribution in [3.05, 3.63) is 0 Å². The van der Waals surface area contributed by atoms with E-state index in [0.29, 0.717) is 18.0 Å². The summed E-state index contributed by atoms with van der Waals surface area (Å²) in [4.78, 5) is 20.0. The first-order valence-electron chi connectivity index (χ1n) is 9.19. The van der Waals surface area contributed by atoms with Crippen LogP contribution < -0.4 is 0 Å². The van der Waals surface area contributed by atoms with Crippen LogP contribution in [-0.4, -0.2) is 84.7 Å². The van der Waals surface area contributed by atoms with E-state index in [0.717, 1.165) is 52.4 Å². The van der Waals surface area contributed by atoms with Crippen molar-refractivity contribution in [2.75, 3.05) is 45.9 Å². The lowest BCUT2D eigenvalue weighted by atomic mass is 9.98. The van der Waals surface area contributed by atoms with Gasteiger partial charge in [-0.25, -0.2) is 0 Å². The van der Waals surface area contributed by atoms with Crippen molar-refractivity contribution < 1.29 is 9.53 Å². The molecule has 4 rings (SSSR count). The summed E-state index contributed by atoms with van der Waals surface area (Å²) in [5, 5.41) is 0. The molecule has 0 N–H and O–H groups in total. The van der Waals surface area contributed by atoms with E-state index in [1.807, 2.05) is 0 Å². The normalized spacial score (nSPS) is 35.3. The van der Waals surface area contributed by atoms with Crippen molar-refractivity contribution in [1.29, 1.82) is 0 Å². The van der Waals surface area contributed by atoms with E-state index in [1.165, 1.54) is 32.1 Å². The smallest absolute Gasteiger partial charge is 0.240 e. The monoisotopic (exact) mass is 307 g/mol. The number of ether oxygens (including phenoxy) is 1. The molecule has 1 amide bonds. The number of carbonyl (C=O) groups excluding carboxylic acids is 1. The Hall–Kier alpha value is -0.650. The van der Waals surface area contributed by atoms with Crippen LogP contribution in [-0.2, 0) is 9.53 Å². The largest absolute Gasteiger partial charge is 0.379 e. The highest BCUT2D eigenvalue weighted by Crippen LogP contribution is 2.34. The summed E-state index contributed by atoms with van der Waals surface area (Å²) in [7, 11) is 0. The van der Waals surface area contributed by atoms with Gasteiger partial charge in [0.1, 0.15) is 0 Å². The van der Waals surface area contributed by atoms with E-state index >= 15 is 0 Å². The summed E-state index contributed by atoms with van der Waals surface area (Å²) in [6.07, 6.45) is 7.34. The third kappa shape index (κ3) is 3.03. The van der Waals surface area contributed by atoms with Crippen molar-refractivity contribution in [3.63, 3.8) is 0 Å². The summed E-state index contributed by atoms with van der Waals surface area (Å²) in [5.74, 6) is 0.427. The first-order valence-corrected chi connectivity index (χ1v) is 9.19. The van der Waals surface area contributed by atoms with E-state index in [4.69, 9.17) is 4.74 Å². The van der Waals surface area contributed by atoms with E-state index in [1.54, 1.807) is 0 Å². The van der Waals surface area contributed by atoms with Gasteiger partial charge in [0, 0.05) is 38.3 Å². The van der Waals surface area contributed by atoms with Crippen LogP contribution in [0.2, 0.25) is 0 Å². The van der Waals surface area contributed by atoms with Gasteiger partial charge in [-0.2, -0.15) is 0 Å². The fraction of sp³-hybridized carbons (Fsp3) is 0.941. The Labute approximate surface area is 133 Å². The summed E-state index contributed by atoms with van der Waals surface area (Å²) in [6.45, 7) is 7.07. The highest BCUT2D eigenvalue weighted by Gasteiger charge is 2.44. The molecule has 1 aliphatic carbocycles. The fourth-order valence-electron chi connectivity index (χ4n) is 4.45. The maximum atomic E-state index is 12.8. The number of carbonyl (C=O) groups is 1. The molecule has 5 heteroatoms. The van der Waals surface area contributed by atoms with Crippen LogP contribution in [0.1, 0.15) is 38.5 Å². The molecule has 4 fully saturated rings. The number of rotatable bonds is 4. The number of piperidine rings is 1. The Bertz CT molecular complexity index is 407. The highest BCUT2D eigenvalue weighted by atomic mass is 16.5. The second-order valence-electron chi connectivity index (χ2n) is 7.37. The van der Waals surface area contributed by atoms with E-state index in [-0.39, 0.29) is 6.04 Å². The summed E-state index contributed by atoms with van der Waals surface area (Å²) in [6, 6.07) is 1.33. The standard InChI is InChI=1S/C17H29N3O2/c21-17-16(6-8-20(17)14-4-5-14)19-7-2-1-3-15(19)13-18-9-11-22-12-10-18/h14-16H,1-13H2/t15-,16-/m0/s1. The van der Waals surface area contributed by atoms with Crippen LogP contribution in [0.5, 0.6) is 0 Å². The van der Waals surface area contributed by atoms with Crippen molar-refractivity contribution in [1.82, 2.24) is 14.7 Å². The number of amides is 1. The predicted molar refractivity (Wildman–Crippen MR) is 84.7 cm³/mol. The molecule has 3 aliphatic heterocycles. The zero-order valence-corrected chi connectivity index (χ0v) is 13.6. The topological polar surface area (TPSA) is 36.0 Å². The first-order chi connectivity index (χ1) is 10.8. The van der Waals surface area contributed by atoms with Crippen molar-refractivity contribution in [2.24, 2.45) is 0 Å². The van der Waals surface area contributed by atoms with Gasteiger partial charge in [0.15, 0.2) is 0 Å². The summed E-state index contributed by atoms with van der Waals surface area (Å²) in [5.41, 5.74) is 0. The third-order valence-corrected chi connectivity index (χ3v) is 5.84. The molecule has 0 spiro atoms. The second-order valence-corrected chi connectivity index (χ2v) is 7.37. The van der Waals surface area contributed by atoms with Crippen molar-refractivity contribution >= 4 is 5.91 Å². The first kappa shape index (κ1) is 14.9. The minimum atomic E-state index is 0.173. The van der Waals surface area contributed by atoms with Gasteiger partial charge in [0.2, 0.25) is 5.91 Å². The zero-order valence-electron chi connectivity index (χ0n) is 13.6. The Morgan fingerprint density at radius 3 is 2.55 bits per heavy atom. The molecular weight excluding hydrogens is 278 g/mol. The van der Waals surface area contributed by atoms with Gasteiger partial charge in [0.25, 0.3) is 0 Å². The Morgan fingerprint density at radius 1 is 0.955 bits per heavy atom. The second kappa shape index (κ2) is 6.46. The van der Waals surface area contributed by atoms with Gasteiger partial charge >= 0.3 is 0 Å². The van der Waals surface area contributed by atoms with E-state index in [9.17, 15) is 4.79 Å². The minimum absolute atomic E-state index is 0.173. The molecule has 0 aromatic rings. The van der Waals surface area contributed by atoms with Crippen LogP contribution in [0.25, 0.3) is 0 Å². The van der Waals surface area contributed by atoms with Gasteiger partial charge in [-0.05, 0) is 38.6 Å². The molecule has 0 aromatic carbocycles. The molecule has 1 saturated carbocycles. The van der Waals surface area contributed by atoms with Crippen molar-refractivity contribution in [3.8, 4) is 0 Å². The van der Waals surface area contributed by atoms with Crippen LogP contribution in [0.15, 0.2) is 0 Å². The average molecular weight is 307 g/mol. The van der Waals surface area contributed by atoms with Crippen LogP contribution >= 0.6 is 0 Å². The summed E-state index contributed by atoms with van der Waals surface area (Å²) < 4.78 is 5.46. The Kier molecular flexibility index (Phi) is 4.38. The van der Waals surface area contributed by atoms with Crippen molar-refractivity contribution in [2.45, 2.75) is 56.7 Å². The van der Waals surface area contributed by atoms with Gasteiger partial charge in [0.05, 0.1) is 19.3 Å². The molecule has 3 saturated heterocycles. The highest BCUT2D eigenvalue weighted by molar-refractivity contribution is 5.84. The zero-order chi connectivity index (χ0) is 14.9. The van der Waals surface area contributed by atoms with Gasteiger partial charge in [-0.3, -0.25) is 14.6 Å². The maximum absolute atomic E-state index is 12.8. The molecule has 0 radical (unpaired) electrons. The number of hydrogen-bond donors (Lipinski definition) is 0. The van der Waals surface area contributed by atoms with E-state index in [2.05, 4.69) is 14.7 Å². The lowest BCUT2D eigenvalue weighted by molar-refractivity contribution is -0.134. The molecule has 0 bridgehead atoms. The lowest BCUT2D eigenvalue weighted by Crippen LogP contribution is -2.54. The third-order valence-electron chi connectivity index (χ3n) is 5.84. The molecule has 0 aromatic heterocycles. The molecule has 22 heavy (non-hydrogen) atoms.